The van der Waals surface area contributed by atoms with Gasteiger partial charge in [0.05, 0.1) is 18.4 Å². The first-order chi connectivity index (χ1) is 12.5. The van der Waals surface area contributed by atoms with Crippen LogP contribution in [0.3, 0.4) is 0 Å². The molecule has 0 amide bonds. The van der Waals surface area contributed by atoms with Crippen LogP contribution in [0, 0.1) is 10.1 Å². The van der Waals surface area contributed by atoms with E-state index in [2.05, 4.69) is 4.98 Å². The van der Waals surface area contributed by atoms with Crippen LogP contribution in [0.25, 0.3) is 11.1 Å². The number of nitro benzene ring substituents is 1. The number of imidazole rings is 1. The largest absolute Gasteiger partial charge is 0.496 e. The second kappa shape index (κ2) is 7.18. The lowest BCUT2D eigenvalue weighted by Gasteiger charge is -2.11. The number of non-ortho nitro benzene ring substituents is 1. The quantitative estimate of drug-likeness (QED) is 0.384. The average molecular weight is 351 g/mol. The summed E-state index contributed by atoms with van der Waals surface area (Å²) < 4.78 is 7.22. The van der Waals surface area contributed by atoms with Crippen LogP contribution in [0.1, 0.15) is 23.0 Å². The number of nitrogens with zero attached hydrogens (tertiary/aromatic N) is 3. The number of aromatic nitrogens is 2. The normalized spacial score (nSPS) is 10.5. The lowest BCUT2D eigenvalue weighted by molar-refractivity contribution is -0.384. The molecule has 0 aliphatic heterocycles. The molecule has 3 rings (SSSR count). The molecule has 7 nitrogen and oxygen atoms in total. The van der Waals surface area contributed by atoms with E-state index < -0.39 is 4.92 Å². The predicted octanol–water partition coefficient (Wildman–Crippen LogP) is 3.72. The van der Waals surface area contributed by atoms with Crippen molar-refractivity contribution in [1.29, 1.82) is 0 Å². The topological polar surface area (TPSA) is 87.3 Å². The van der Waals surface area contributed by atoms with E-state index in [-0.39, 0.29) is 11.5 Å². The van der Waals surface area contributed by atoms with Gasteiger partial charge in [-0.15, -0.1) is 0 Å². The Kier molecular flexibility index (Phi) is 4.79. The second-order valence-electron chi connectivity index (χ2n) is 5.83. The highest BCUT2D eigenvalue weighted by atomic mass is 16.6. The van der Waals surface area contributed by atoms with Crippen LogP contribution in [-0.2, 0) is 6.54 Å². The van der Waals surface area contributed by atoms with Crippen LogP contribution >= 0.6 is 0 Å². The highest BCUT2D eigenvalue weighted by Gasteiger charge is 2.12. The number of carbonyl (C=O) groups excluding carboxylic acids is 1. The molecule has 0 radical (unpaired) electrons. The Morgan fingerprint density at radius 3 is 2.73 bits per heavy atom. The van der Waals surface area contributed by atoms with E-state index in [1.54, 1.807) is 31.8 Å². The molecular formula is C19H17N3O4. The summed E-state index contributed by atoms with van der Waals surface area (Å²) in [4.78, 5) is 26.1. The fourth-order valence-electron chi connectivity index (χ4n) is 2.71. The van der Waals surface area contributed by atoms with Gasteiger partial charge in [0, 0.05) is 37.4 Å². The number of nitro groups is 1. The Bertz CT molecular complexity index is 978. The molecule has 0 fully saturated rings. The number of ether oxygens (including phenoxy) is 1. The van der Waals surface area contributed by atoms with Crippen LogP contribution in [0.15, 0.2) is 55.0 Å². The minimum atomic E-state index is -0.422. The first kappa shape index (κ1) is 17.3. The van der Waals surface area contributed by atoms with E-state index in [4.69, 9.17) is 4.74 Å². The molecule has 0 bridgehead atoms. The van der Waals surface area contributed by atoms with Gasteiger partial charge in [-0.1, -0.05) is 18.2 Å². The summed E-state index contributed by atoms with van der Waals surface area (Å²) in [6, 6.07) is 12.1. The molecular weight excluding hydrogens is 334 g/mol. The van der Waals surface area contributed by atoms with E-state index in [0.717, 1.165) is 11.1 Å². The van der Waals surface area contributed by atoms with Crippen LogP contribution in [-0.4, -0.2) is 27.4 Å². The summed E-state index contributed by atoms with van der Waals surface area (Å²) in [6.45, 7) is 1.99. The van der Waals surface area contributed by atoms with E-state index in [1.165, 1.54) is 19.1 Å². The lowest BCUT2D eigenvalue weighted by atomic mass is 10.0. The average Bonchev–Trinajstić information content (AvgIpc) is 3.10. The zero-order valence-corrected chi connectivity index (χ0v) is 14.4. The molecule has 0 saturated carbocycles. The summed E-state index contributed by atoms with van der Waals surface area (Å²) in [6.07, 6.45) is 3.30. The molecule has 1 aromatic heterocycles. The highest BCUT2D eigenvalue weighted by Crippen LogP contribution is 2.33. The van der Waals surface area contributed by atoms with E-state index in [1.807, 2.05) is 22.8 Å². The number of hydrogen-bond donors (Lipinski definition) is 0. The molecule has 0 N–H and O–H groups in total. The van der Waals surface area contributed by atoms with Gasteiger partial charge in [-0.25, -0.2) is 4.98 Å². The molecule has 132 valence electrons. The first-order valence-electron chi connectivity index (χ1n) is 7.92. The molecule has 0 unspecified atom stereocenters. The number of methoxy groups -OCH3 is 1. The molecule has 0 aliphatic rings. The molecule has 0 aliphatic carbocycles. The van der Waals surface area contributed by atoms with Crippen molar-refractivity contribution in [2.45, 2.75) is 13.5 Å². The van der Waals surface area contributed by atoms with Gasteiger partial charge in [0.2, 0.25) is 0 Å². The summed E-state index contributed by atoms with van der Waals surface area (Å²) in [5.74, 6) is 0.542. The summed E-state index contributed by atoms with van der Waals surface area (Å²) >= 11 is 0. The molecule has 0 saturated heterocycles. The maximum absolute atomic E-state index is 11.4. The Morgan fingerprint density at radius 1 is 1.27 bits per heavy atom. The van der Waals surface area contributed by atoms with Gasteiger partial charge in [0.25, 0.3) is 5.69 Å². The highest BCUT2D eigenvalue weighted by molar-refractivity contribution is 5.91. The number of rotatable bonds is 6. The van der Waals surface area contributed by atoms with Crippen molar-refractivity contribution in [2.24, 2.45) is 0 Å². The zero-order chi connectivity index (χ0) is 18.7. The molecule has 1 heterocycles. The Balaban J connectivity index is 1.97. The van der Waals surface area contributed by atoms with Gasteiger partial charge in [-0.3, -0.25) is 14.9 Å². The maximum Gasteiger partial charge on any atom is 0.270 e. The minimum absolute atomic E-state index is 0.0238. The third-order valence-corrected chi connectivity index (χ3v) is 3.99. The van der Waals surface area contributed by atoms with Crippen LogP contribution in [0.4, 0.5) is 5.69 Å². The molecule has 26 heavy (non-hydrogen) atoms. The SMILES string of the molecule is COc1ccc(Cn2cnc(C(C)=O)c2)cc1-c1cccc([N+](=O)[O-])c1. The Labute approximate surface area is 150 Å². The van der Waals surface area contributed by atoms with Gasteiger partial charge >= 0.3 is 0 Å². The minimum Gasteiger partial charge on any atom is -0.496 e. The van der Waals surface area contributed by atoms with E-state index >= 15 is 0 Å². The smallest absolute Gasteiger partial charge is 0.270 e. The number of Topliss-reactive ketones (excluding diaryl/α,β-unsaturated/α-hetero) is 1. The molecule has 7 heteroatoms. The summed E-state index contributed by atoms with van der Waals surface area (Å²) in [7, 11) is 1.56. The number of hydrogen-bond acceptors (Lipinski definition) is 5. The molecule has 0 atom stereocenters. The van der Waals surface area contributed by atoms with Crippen LogP contribution < -0.4 is 4.74 Å². The monoisotopic (exact) mass is 351 g/mol. The van der Waals surface area contributed by atoms with Crippen molar-refractivity contribution in [3.63, 3.8) is 0 Å². The molecule has 0 spiro atoms. The third-order valence-electron chi connectivity index (χ3n) is 3.99. The van der Waals surface area contributed by atoms with Gasteiger partial charge < -0.3 is 9.30 Å². The van der Waals surface area contributed by atoms with Crippen LogP contribution in [0.5, 0.6) is 5.75 Å². The first-order valence-corrected chi connectivity index (χ1v) is 7.92. The second-order valence-corrected chi connectivity index (χ2v) is 5.83. The van der Waals surface area contributed by atoms with Crippen molar-refractivity contribution in [3.8, 4) is 16.9 Å². The summed E-state index contributed by atoms with van der Waals surface area (Å²) in [5.41, 5.74) is 2.86. The van der Waals surface area contributed by atoms with Gasteiger partial charge in [-0.2, -0.15) is 0 Å². The fraction of sp³-hybridized carbons (Fsp3) is 0.158. The van der Waals surface area contributed by atoms with Gasteiger partial charge in [-0.05, 0) is 23.3 Å². The van der Waals surface area contributed by atoms with Crippen molar-refractivity contribution in [3.05, 3.63) is 76.4 Å². The number of ketones is 1. The van der Waals surface area contributed by atoms with Crippen molar-refractivity contribution in [1.82, 2.24) is 9.55 Å². The van der Waals surface area contributed by atoms with E-state index in [0.29, 0.717) is 23.6 Å². The fourth-order valence-corrected chi connectivity index (χ4v) is 2.71. The van der Waals surface area contributed by atoms with Crippen molar-refractivity contribution in [2.75, 3.05) is 7.11 Å². The van der Waals surface area contributed by atoms with Crippen molar-refractivity contribution >= 4 is 11.5 Å². The lowest BCUT2D eigenvalue weighted by Crippen LogP contribution is -1.99. The Hall–Kier alpha value is -3.48. The molecule has 3 aromatic rings. The van der Waals surface area contributed by atoms with Gasteiger partial charge in [0.1, 0.15) is 11.4 Å². The van der Waals surface area contributed by atoms with Crippen molar-refractivity contribution < 1.29 is 14.5 Å². The van der Waals surface area contributed by atoms with Crippen LogP contribution in [0.2, 0.25) is 0 Å². The summed E-state index contributed by atoms with van der Waals surface area (Å²) in [5, 5.41) is 11.0. The third kappa shape index (κ3) is 3.61. The van der Waals surface area contributed by atoms with E-state index in [9.17, 15) is 14.9 Å². The predicted molar refractivity (Wildman–Crippen MR) is 96.4 cm³/mol. The maximum atomic E-state index is 11.4. The Morgan fingerprint density at radius 2 is 2.08 bits per heavy atom. The number of benzene rings is 2. The van der Waals surface area contributed by atoms with Gasteiger partial charge in [0.15, 0.2) is 5.78 Å². The standard InChI is InChI=1S/C19H17N3O4/c1-13(23)18-11-21(12-20-18)10-14-6-7-19(26-2)17(8-14)15-4-3-5-16(9-15)22(24)25/h3-9,11-12H,10H2,1-2H3. The zero-order valence-electron chi connectivity index (χ0n) is 14.4. The molecule has 2 aromatic carbocycles. The number of carbonyl (C=O) groups is 1.